The van der Waals surface area contributed by atoms with Crippen molar-refractivity contribution >= 4 is 24.8 Å². The van der Waals surface area contributed by atoms with Gasteiger partial charge in [0.15, 0.2) is 0 Å². The lowest BCUT2D eigenvalue weighted by Gasteiger charge is -2.34. The summed E-state index contributed by atoms with van der Waals surface area (Å²) in [7, 11) is 0. The third-order valence-corrected chi connectivity index (χ3v) is 3.88. The minimum absolute atomic E-state index is 0. The van der Waals surface area contributed by atoms with Gasteiger partial charge >= 0.3 is 0 Å². The molecule has 2 heterocycles. The summed E-state index contributed by atoms with van der Waals surface area (Å²) in [4.78, 5) is 5.10. The highest BCUT2D eigenvalue weighted by Gasteiger charge is 2.18. The molecule has 0 spiro atoms. The molecule has 2 saturated heterocycles. The van der Waals surface area contributed by atoms with Crippen LogP contribution in [0.3, 0.4) is 0 Å². The summed E-state index contributed by atoms with van der Waals surface area (Å²) in [5.41, 5.74) is 5.70. The first-order valence-corrected chi connectivity index (χ1v) is 6.61. The van der Waals surface area contributed by atoms with Crippen molar-refractivity contribution < 1.29 is 4.74 Å². The Labute approximate surface area is 123 Å². The van der Waals surface area contributed by atoms with Gasteiger partial charge < -0.3 is 15.4 Å². The van der Waals surface area contributed by atoms with Crippen molar-refractivity contribution in [1.82, 2.24) is 9.80 Å². The van der Waals surface area contributed by atoms with Gasteiger partial charge in [0.2, 0.25) is 0 Å². The lowest BCUT2D eigenvalue weighted by atomic mass is 9.97. The number of morpholine rings is 1. The second-order valence-corrected chi connectivity index (χ2v) is 4.97. The number of piperidine rings is 1. The van der Waals surface area contributed by atoms with E-state index < -0.39 is 0 Å². The highest BCUT2D eigenvalue weighted by Crippen LogP contribution is 2.15. The Hall–Kier alpha value is 0.420. The fraction of sp³-hybridized carbons (Fsp3) is 1.00. The van der Waals surface area contributed by atoms with Crippen LogP contribution in [0.25, 0.3) is 0 Å². The summed E-state index contributed by atoms with van der Waals surface area (Å²) in [5, 5.41) is 0. The van der Waals surface area contributed by atoms with E-state index in [1.54, 1.807) is 0 Å². The van der Waals surface area contributed by atoms with Crippen molar-refractivity contribution in [2.24, 2.45) is 11.7 Å². The van der Waals surface area contributed by atoms with Crippen LogP contribution in [0.15, 0.2) is 0 Å². The Morgan fingerprint density at radius 1 is 0.889 bits per heavy atom. The molecule has 18 heavy (non-hydrogen) atoms. The smallest absolute Gasteiger partial charge is 0.0594 e. The van der Waals surface area contributed by atoms with Gasteiger partial charge in [0.05, 0.1) is 13.2 Å². The summed E-state index contributed by atoms with van der Waals surface area (Å²) in [5.74, 6) is 0.777. The highest BCUT2D eigenvalue weighted by molar-refractivity contribution is 5.85. The average Bonchev–Trinajstić information content (AvgIpc) is 2.38. The Balaban J connectivity index is 0.00000144. The maximum absolute atomic E-state index is 5.70. The summed E-state index contributed by atoms with van der Waals surface area (Å²) < 4.78 is 5.35. The van der Waals surface area contributed by atoms with Crippen LogP contribution in [0.2, 0.25) is 0 Å². The van der Waals surface area contributed by atoms with Crippen LogP contribution in [0.1, 0.15) is 12.8 Å². The number of hydrogen-bond donors (Lipinski definition) is 1. The predicted molar refractivity (Wildman–Crippen MR) is 80.0 cm³/mol. The Bertz CT molecular complexity index is 196. The first kappa shape index (κ1) is 18.4. The standard InChI is InChI=1S/C12H25N3O.2ClH/c13-11-12-1-3-14(4-2-12)5-6-15-7-9-16-10-8-15;;/h12H,1-11,13H2;2*1H. The Morgan fingerprint density at radius 3 is 1.89 bits per heavy atom. The molecule has 6 heteroatoms. The quantitative estimate of drug-likeness (QED) is 0.835. The number of halogens is 2. The van der Waals surface area contributed by atoms with E-state index in [1.165, 1.54) is 39.0 Å². The lowest BCUT2D eigenvalue weighted by molar-refractivity contribution is 0.0315. The summed E-state index contributed by atoms with van der Waals surface area (Å²) >= 11 is 0. The van der Waals surface area contributed by atoms with Crippen LogP contribution in [0, 0.1) is 5.92 Å². The van der Waals surface area contributed by atoms with Crippen molar-refractivity contribution in [3.63, 3.8) is 0 Å². The van der Waals surface area contributed by atoms with E-state index in [-0.39, 0.29) is 24.8 Å². The van der Waals surface area contributed by atoms with Gasteiger partial charge in [0.25, 0.3) is 0 Å². The molecule has 0 aromatic rings. The van der Waals surface area contributed by atoms with Crippen LogP contribution in [-0.4, -0.2) is 68.8 Å². The number of nitrogens with zero attached hydrogens (tertiary/aromatic N) is 2. The monoisotopic (exact) mass is 299 g/mol. The number of likely N-dealkylation sites (tertiary alicyclic amines) is 1. The zero-order valence-corrected chi connectivity index (χ0v) is 12.7. The predicted octanol–water partition coefficient (Wildman–Crippen LogP) is 0.833. The van der Waals surface area contributed by atoms with Gasteiger partial charge in [-0.05, 0) is 38.4 Å². The minimum Gasteiger partial charge on any atom is -0.379 e. The molecule has 0 bridgehead atoms. The van der Waals surface area contributed by atoms with Crippen LogP contribution >= 0.6 is 24.8 Å². The van der Waals surface area contributed by atoms with E-state index >= 15 is 0 Å². The molecule has 0 amide bonds. The first-order chi connectivity index (χ1) is 7.88. The molecule has 0 unspecified atom stereocenters. The third-order valence-electron chi connectivity index (χ3n) is 3.88. The molecular weight excluding hydrogens is 273 g/mol. The van der Waals surface area contributed by atoms with Crippen molar-refractivity contribution in [2.45, 2.75) is 12.8 Å². The van der Waals surface area contributed by atoms with E-state index in [2.05, 4.69) is 9.80 Å². The van der Waals surface area contributed by atoms with Crippen LogP contribution in [0.4, 0.5) is 0 Å². The zero-order valence-electron chi connectivity index (χ0n) is 11.1. The topological polar surface area (TPSA) is 41.7 Å². The van der Waals surface area contributed by atoms with Gasteiger partial charge in [-0.2, -0.15) is 0 Å². The van der Waals surface area contributed by atoms with Crippen molar-refractivity contribution in [3.8, 4) is 0 Å². The minimum atomic E-state index is 0. The van der Waals surface area contributed by atoms with Gasteiger partial charge in [-0.25, -0.2) is 0 Å². The summed E-state index contributed by atoms with van der Waals surface area (Å²) in [6, 6.07) is 0. The van der Waals surface area contributed by atoms with Crippen LogP contribution < -0.4 is 5.73 Å². The van der Waals surface area contributed by atoms with Crippen LogP contribution in [0.5, 0.6) is 0 Å². The maximum atomic E-state index is 5.70. The van der Waals surface area contributed by atoms with Crippen molar-refractivity contribution in [2.75, 3.05) is 59.0 Å². The van der Waals surface area contributed by atoms with Crippen molar-refractivity contribution in [1.29, 1.82) is 0 Å². The lowest BCUT2D eigenvalue weighted by Crippen LogP contribution is -2.44. The SMILES string of the molecule is Cl.Cl.NCC1CCN(CCN2CCOCC2)CC1. The van der Waals surface area contributed by atoms with E-state index in [4.69, 9.17) is 10.5 Å². The summed E-state index contributed by atoms with van der Waals surface area (Å²) in [6.07, 6.45) is 2.58. The van der Waals surface area contributed by atoms with E-state index in [0.29, 0.717) is 0 Å². The molecule has 0 atom stereocenters. The molecule has 2 aliphatic rings. The number of hydrogen-bond acceptors (Lipinski definition) is 4. The highest BCUT2D eigenvalue weighted by atomic mass is 35.5. The number of ether oxygens (including phenoxy) is 1. The second-order valence-electron chi connectivity index (χ2n) is 4.97. The van der Waals surface area contributed by atoms with Gasteiger partial charge in [0.1, 0.15) is 0 Å². The zero-order chi connectivity index (χ0) is 11.2. The maximum Gasteiger partial charge on any atom is 0.0594 e. The van der Waals surface area contributed by atoms with Gasteiger partial charge in [-0.15, -0.1) is 24.8 Å². The molecule has 2 N–H and O–H groups in total. The molecule has 2 aliphatic heterocycles. The van der Waals surface area contributed by atoms with E-state index in [9.17, 15) is 0 Å². The Kier molecular flexibility index (Phi) is 10.5. The molecule has 2 fully saturated rings. The third kappa shape index (κ3) is 6.04. The van der Waals surface area contributed by atoms with Gasteiger partial charge in [-0.3, -0.25) is 4.90 Å². The fourth-order valence-electron chi connectivity index (χ4n) is 2.55. The van der Waals surface area contributed by atoms with Gasteiger partial charge in [-0.1, -0.05) is 0 Å². The van der Waals surface area contributed by atoms with E-state index in [1.807, 2.05) is 0 Å². The second kappa shape index (κ2) is 10.2. The van der Waals surface area contributed by atoms with Crippen molar-refractivity contribution in [3.05, 3.63) is 0 Å². The first-order valence-electron chi connectivity index (χ1n) is 6.61. The molecule has 0 aromatic heterocycles. The Morgan fingerprint density at radius 2 is 1.39 bits per heavy atom. The number of nitrogens with two attached hydrogens (primary N) is 1. The van der Waals surface area contributed by atoms with E-state index in [0.717, 1.165) is 38.8 Å². The molecule has 4 nitrogen and oxygen atoms in total. The fourth-order valence-corrected chi connectivity index (χ4v) is 2.55. The average molecular weight is 300 g/mol. The largest absolute Gasteiger partial charge is 0.379 e. The normalized spacial score (nSPS) is 23.2. The molecular formula is C12H27Cl2N3O. The summed E-state index contributed by atoms with van der Waals surface area (Å²) in [6.45, 7) is 9.83. The molecule has 110 valence electrons. The molecule has 2 rings (SSSR count). The van der Waals surface area contributed by atoms with Gasteiger partial charge in [0, 0.05) is 26.2 Å². The molecule has 0 radical (unpaired) electrons. The molecule has 0 aliphatic carbocycles. The molecule has 0 saturated carbocycles. The molecule has 0 aromatic carbocycles. The number of rotatable bonds is 4. The van der Waals surface area contributed by atoms with Crippen LogP contribution in [-0.2, 0) is 4.74 Å².